The summed E-state index contributed by atoms with van der Waals surface area (Å²) in [4.78, 5) is 51.5. The van der Waals surface area contributed by atoms with Crippen molar-refractivity contribution < 1.29 is 39.1 Å². The lowest BCUT2D eigenvalue weighted by Crippen LogP contribution is -2.70. The van der Waals surface area contributed by atoms with Gasteiger partial charge in [-0.15, -0.1) is 35.3 Å². The third kappa shape index (κ3) is 7.37. The van der Waals surface area contributed by atoms with Crippen LogP contribution in [-0.2, 0) is 25.7 Å². The highest BCUT2D eigenvalue weighted by atomic mass is 35.5. The number of nitrogens with zero attached hydrogens (tertiary/aromatic N) is 2. The van der Waals surface area contributed by atoms with E-state index in [1.165, 1.54) is 40.2 Å². The Morgan fingerprint density at radius 2 is 1.90 bits per heavy atom. The number of aliphatic carboxylic acids is 2. The highest BCUT2D eigenvalue weighted by molar-refractivity contribution is 8.01. The summed E-state index contributed by atoms with van der Waals surface area (Å²) in [7, 11) is 0. The lowest BCUT2D eigenvalue weighted by atomic mass is 9.86. The molecule has 1 aromatic carbocycles. The SMILES string of the molecule is CC(C)(C[n+]1ccc(SCC2=C(C(=O)O)N3C(=O)[C@@H](NC(=O)CSc4cc(Cl)ccc4Cl)[C@H]3SC2)cc1)[C@H](O)C(=O)[O-]. The molecule has 3 heterocycles. The molecule has 0 radical (unpaired) electrons. The van der Waals surface area contributed by atoms with Gasteiger partial charge < -0.3 is 25.4 Å². The number of hydrogen-bond acceptors (Lipinski definition) is 9. The number of nitrogens with one attached hydrogen (secondary N) is 1. The number of carboxylic acids is 2. The van der Waals surface area contributed by atoms with Crippen molar-refractivity contribution >= 4 is 82.2 Å². The Balaban J connectivity index is 1.35. The molecule has 42 heavy (non-hydrogen) atoms. The Bertz CT molecular complexity index is 1440. The number of β-lactam (4-membered cyclic amide) rings is 1. The van der Waals surface area contributed by atoms with Gasteiger partial charge in [-0.1, -0.05) is 37.0 Å². The molecule has 0 unspecified atom stereocenters. The average Bonchev–Trinajstić information content (AvgIpc) is 2.94. The molecular weight excluding hydrogens is 645 g/mol. The highest BCUT2D eigenvalue weighted by Gasteiger charge is 2.54. The molecule has 2 amide bonds. The van der Waals surface area contributed by atoms with Crippen LogP contribution < -0.4 is 15.0 Å². The number of carbonyl (C=O) groups excluding carboxylic acids is 3. The van der Waals surface area contributed by atoms with E-state index in [4.69, 9.17) is 23.2 Å². The summed E-state index contributed by atoms with van der Waals surface area (Å²) in [6.45, 7) is 3.49. The van der Waals surface area contributed by atoms with Crippen molar-refractivity contribution in [2.45, 2.75) is 47.7 Å². The van der Waals surface area contributed by atoms with Crippen LogP contribution in [0.25, 0.3) is 0 Å². The number of carboxylic acid groups (broad SMARTS) is 2. The Morgan fingerprint density at radius 1 is 1.21 bits per heavy atom. The first kappa shape index (κ1) is 32.5. The molecule has 0 spiro atoms. The number of aromatic nitrogens is 1. The first-order valence-corrected chi connectivity index (χ1v) is 16.3. The van der Waals surface area contributed by atoms with Gasteiger partial charge in [0.2, 0.25) is 5.91 Å². The van der Waals surface area contributed by atoms with E-state index >= 15 is 0 Å². The second kappa shape index (κ2) is 13.5. The number of aliphatic hydroxyl groups is 1. The van der Waals surface area contributed by atoms with Gasteiger partial charge in [0.25, 0.3) is 5.91 Å². The first-order chi connectivity index (χ1) is 19.8. The summed E-state index contributed by atoms with van der Waals surface area (Å²) in [6.07, 6.45) is 1.86. The van der Waals surface area contributed by atoms with Crippen LogP contribution in [-0.4, -0.2) is 73.6 Å². The number of rotatable bonds is 12. The lowest BCUT2D eigenvalue weighted by molar-refractivity contribution is -0.710. The van der Waals surface area contributed by atoms with E-state index in [2.05, 4.69) is 5.32 Å². The van der Waals surface area contributed by atoms with Gasteiger partial charge in [0.1, 0.15) is 23.2 Å². The van der Waals surface area contributed by atoms with Crippen molar-refractivity contribution in [3.63, 3.8) is 0 Å². The quantitative estimate of drug-likeness (QED) is 0.174. The summed E-state index contributed by atoms with van der Waals surface area (Å²) >= 11 is 16.1. The molecule has 15 heteroatoms. The van der Waals surface area contributed by atoms with Gasteiger partial charge in [0, 0.05) is 38.5 Å². The van der Waals surface area contributed by atoms with Gasteiger partial charge in [0.05, 0.1) is 22.2 Å². The maximum absolute atomic E-state index is 13.0. The minimum absolute atomic E-state index is 0.0106. The van der Waals surface area contributed by atoms with E-state index < -0.39 is 40.8 Å². The van der Waals surface area contributed by atoms with Crippen molar-refractivity contribution in [3.05, 3.63) is 64.0 Å². The fraction of sp³-hybridized carbons (Fsp3) is 0.370. The van der Waals surface area contributed by atoms with Crippen LogP contribution in [0.2, 0.25) is 10.0 Å². The Hall–Kier alpha value is -2.42. The van der Waals surface area contributed by atoms with E-state index in [9.17, 15) is 34.5 Å². The number of fused-ring (bicyclic) bond motifs is 1. The third-order valence-electron chi connectivity index (χ3n) is 6.65. The topological polar surface area (TPSA) is 151 Å². The maximum Gasteiger partial charge on any atom is 0.352 e. The van der Waals surface area contributed by atoms with Gasteiger partial charge in [-0.25, -0.2) is 9.36 Å². The number of pyridine rings is 1. The molecule has 1 fully saturated rings. The molecule has 0 bridgehead atoms. The van der Waals surface area contributed by atoms with Crippen LogP contribution >= 0.6 is 58.5 Å². The number of benzene rings is 1. The Labute approximate surface area is 264 Å². The molecule has 2 aromatic rings. The standard InChI is InChI=1S/C27H27Cl2N3O7S3/c1-27(2,22(34)26(38)39)13-31-7-5-16(6-8-31)40-10-14-11-42-24-20(23(35)32(24)21(14)25(36)37)30-19(33)12-41-18-9-15(28)3-4-17(18)29/h3-9,20,22,24,34H,10-13H2,1-2H3,(H2-,30,33,36,37,38,39)/t20-,22-,24-/m1/s1. The van der Waals surface area contributed by atoms with Crippen LogP contribution in [0.1, 0.15) is 13.8 Å². The van der Waals surface area contributed by atoms with Crippen LogP contribution in [0.4, 0.5) is 0 Å². The fourth-order valence-corrected chi connectivity index (χ4v) is 8.11. The summed E-state index contributed by atoms with van der Waals surface area (Å²) in [6, 6.07) is 7.71. The Kier molecular flexibility index (Phi) is 10.4. The summed E-state index contributed by atoms with van der Waals surface area (Å²) in [5.41, 5.74) is -0.433. The zero-order valence-corrected chi connectivity index (χ0v) is 26.4. The zero-order valence-electron chi connectivity index (χ0n) is 22.4. The van der Waals surface area contributed by atoms with Crippen molar-refractivity contribution in [2.75, 3.05) is 17.3 Å². The van der Waals surface area contributed by atoms with E-state index in [-0.39, 0.29) is 23.9 Å². The number of carbonyl (C=O) groups is 4. The van der Waals surface area contributed by atoms with Crippen molar-refractivity contribution in [3.8, 4) is 0 Å². The normalized spacial score (nSPS) is 19.2. The smallest absolute Gasteiger partial charge is 0.352 e. The van der Waals surface area contributed by atoms with E-state index in [1.807, 2.05) is 0 Å². The monoisotopic (exact) mass is 671 g/mol. The molecule has 1 aromatic heterocycles. The van der Waals surface area contributed by atoms with Crippen molar-refractivity contribution in [2.24, 2.45) is 5.41 Å². The first-order valence-electron chi connectivity index (χ1n) is 12.6. The number of halogens is 2. The van der Waals surface area contributed by atoms with Gasteiger partial charge in [-0.05, 0) is 23.8 Å². The zero-order chi connectivity index (χ0) is 30.8. The lowest BCUT2D eigenvalue weighted by Gasteiger charge is -2.49. The highest BCUT2D eigenvalue weighted by Crippen LogP contribution is 2.41. The van der Waals surface area contributed by atoms with Crippen LogP contribution in [0.5, 0.6) is 0 Å². The largest absolute Gasteiger partial charge is 0.547 e. The molecular formula is C27H27Cl2N3O7S3. The van der Waals surface area contributed by atoms with Crippen LogP contribution in [0.3, 0.4) is 0 Å². The summed E-state index contributed by atoms with van der Waals surface area (Å²) in [5.74, 6) is -2.88. The molecule has 3 N–H and O–H groups in total. The molecule has 4 rings (SSSR count). The van der Waals surface area contributed by atoms with Crippen molar-refractivity contribution in [1.29, 1.82) is 0 Å². The number of aliphatic hydroxyl groups excluding tert-OH is 1. The molecule has 3 atom stereocenters. The molecule has 2 aliphatic rings. The minimum atomic E-state index is -1.63. The van der Waals surface area contributed by atoms with Gasteiger partial charge in [-0.3, -0.25) is 14.5 Å². The summed E-state index contributed by atoms with van der Waals surface area (Å²) in [5, 5.41) is 34.0. The Morgan fingerprint density at radius 3 is 2.55 bits per heavy atom. The van der Waals surface area contributed by atoms with Gasteiger partial charge in [0.15, 0.2) is 18.9 Å². The predicted molar refractivity (Wildman–Crippen MR) is 159 cm³/mol. The number of thioether (sulfide) groups is 3. The molecule has 1 saturated heterocycles. The predicted octanol–water partition coefficient (Wildman–Crippen LogP) is 2.04. The third-order valence-corrected chi connectivity index (χ3v) is 10.8. The second-order valence-electron chi connectivity index (χ2n) is 10.3. The van der Waals surface area contributed by atoms with Gasteiger partial charge in [-0.2, -0.15) is 0 Å². The van der Waals surface area contributed by atoms with E-state index in [1.54, 1.807) is 61.1 Å². The molecule has 2 aliphatic heterocycles. The summed E-state index contributed by atoms with van der Waals surface area (Å²) < 4.78 is 1.74. The molecule has 0 saturated carbocycles. The molecule has 0 aliphatic carbocycles. The average molecular weight is 673 g/mol. The maximum atomic E-state index is 13.0. The van der Waals surface area contributed by atoms with Crippen LogP contribution in [0.15, 0.2) is 63.8 Å². The van der Waals surface area contributed by atoms with E-state index in [0.717, 1.165) is 4.90 Å². The second-order valence-corrected chi connectivity index (χ2v) is 14.3. The fourth-order valence-electron chi connectivity index (χ4n) is 4.43. The van der Waals surface area contributed by atoms with Gasteiger partial charge >= 0.3 is 5.97 Å². The van der Waals surface area contributed by atoms with Crippen molar-refractivity contribution in [1.82, 2.24) is 10.2 Å². The number of hydrogen-bond donors (Lipinski definition) is 3. The van der Waals surface area contributed by atoms with E-state index in [0.29, 0.717) is 32.0 Å². The van der Waals surface area contributed by atoms with Crippen LogP contribution in [0, 0.1) is 5.41 Å². The molecule has 224 valence electrons. The minimum Gasteiger partial charge on any atom is -0.547 e. The number of amides is 2. The molecule has 10 nitrogen and oxygen atoms in total.